The van der Waals surface area contributed by atoms with Crippen molar-refractivity contribution in [2.75, 3.05) is 25.6 Å². The van der Waals surface area contributed by atoms with Crippen LogP contribution in [0.15, 0.2) is 29.2 Å². The number of benzene rings is 1. The molecule has 1 rings (SSSR count). The molecule has 0 unspecified atom stereocenters. The van der Waals surface area contributed by atoms with Crippen molar-refractivity contribution in [1.29, 1.82) is 0 Å². The number of sulfonamides is 1. The Labute approximate surface area is 114 Å². The van der Waals surface area contributed by atoms with Gasteiger partial charge in [-0.1, -0.05) is 13.8 Å². The highest BCUT2D eigenvalue weighted by atomic mass is 35.5. The molecule has 0 spiro atoms. The number of hydrogen-bond acceptors (Lipinski definition) is 3. The first-order chi connectivity index (χ1) is 8.56. The Kier molecular flexibility index (Phi) is 5.91. The second-order valence-corrected chi connectivity index (χ2v) is 5.91. The van der Waals surface area contributed by atoms with E-state index in [0.717, 1.165) is 0 Å². The van der Waals surface area contributed by atoms with E-state index in [0.29, 0.717) is 31.3 Å². The molecule has 0 bridgehead atoms. The number of alkyl halides is 1. The highest BCUT2D eigenvalue weighted by molar-refractivity contribution is 7.89. The fourth-order valence-electron chi connectivity index (χ4n) is 1.58. The molecule has 6 heteroatoms. The van der Waals surface area contributed by atoms with E-state index in [9.17, 15) is 8.42 Å². The summed E-state index contributed by atoms with van der Waals surface area (Å²) in [7, 11) is -3.39. The van der Waals surface area contributed by atoms with Crippen LogP contribution in [0.1, 0.15) is 13.8 Å². The monoisotopic (exact) mass is 291 g/mol. The first-order valence-corrected chi connectivity index (χ1v) is 7.82. The van der Waals surface area contributed by atoms with Crippen LogP contribution in [0.3, 0.4) is 0 Å². The lowest BCUT2D eigenvalue weighted by Crippen LogP contribution is -2.30. The number of ether oxygens (including phenoxy) is 1. The summed E-state index contributed by atoms with van der Waals surface area (Å²) in [4.78, 5) is 0.282. The van der Waals surface area contributed by atoms with Crippen LogP contribution in [0.2, 0.25) is 0 Å². The second-order valence-electron chi connectivity index (χ2n) is 3.60. The molecule has 0 radical (unpaired) electrons. The number of halogens is 1. The molecule has 0 aliphatic rings. The third kappa shape index (κ3) is 3.60. The van der Waals surface area contributed by atoms with Crippen molar-refractivity contribution in [1.82, 2.24) is 4.31 Å². The number of hydrogen-bond donors (Lipinski definition) is 0. The first-order valence-electron chi connectivity index (χ1n) is 5.85. The minimum atomic E-state index is -3.39. The van der Waals surface area contributed by atoms with Gasteiger partial charge in [0.25, 0.3) is 0 Å². The molecular weight excluding hydrogens is 274 g/mol. The number of nitrogens with zero attached hydrogens (tertiary/aromatic N) is 1. The standard InChI is InChI=1S/C12H18ClNO3S/c1-3-14(4-2)18(15,16)12-7-5-11(6-8-12)17-10-9-13/h5-8H,3-4,9-10H2,1-2H3. The van der Waals surface area contributed by atoms with Crippen LogP contribution in [0.5, 0.6) is 5.75 Å². The SMILES string of the molecule is CCN(CC)S(=O)(=O)c1ccc(OCCCl)cc1. The fraction of sp³-hybridized carbons (Fsp3) is 0.500. The van der Waals surface area contributed by atoms with Gasteiger partial charge in [0.2, 0.25) is 10.0 Å². The summed E-state index contributed by atoms with van der Waals surface area (Å²) in [5, 5.41) is 0. The zero-order chi connectivity index (χ0) is 13.6. The van der Waals surface area contributed by atoms with Crippen molar-refractivity contribution in [2.45, 2.75) is 18.7 Å². The zero-order valence-corrected chi connectivity index (χ0v) is 12.2. The molecule has 18 heavy (non-hydrogen) atoms. The summed E-state index contributed by atoms with van der Waals surface area (Å²) in [6.07, 6.45) is 0. The van der Waals surface area contributed by atoms with Gasteiger partial charge in [-0.3, -0.25) is 0 Å². The van der Waals surface area contributed by atoms with Crippen molar-refractivity contribution in [3.63, 3.8) is 0 Å². The van der Waals surface area contributed by atoms with Crippen molar-refractivity contribution in [2.24, 2.45) is 0 Å². The van der Waals surface area contributed by atoms with E-state index in [2.05, 4.69) is 0 Å². The van der Waals surface area contributed by atoms with E-state index >= 15 is 0 Å². The predicted molar refractivity (Wildman–Crippen MR) is 72.8 cm³/mol. The van der Waals surface area contributed by atoms with Crippen LogP contribution in [-0.2, 0) is 10.0 Å². The maximum atomic E-state index is 12.2. The molecule has 0 fully saturated rings. The Balaban J connectivity index is 2.90. The molecule has 0 aliphatic carbocycles. The normalized spacial score (nSPS) is 11.8. The molecule has 0 N–H and O–H groups in total. The van der Waals surface area contributed by atoms with Crippen LogP contribution in [0, 0.1) is 0 Å². The molecule has 0 atom stereocenters. The predicted octanol–water partition coefficient (Wildman–Crippen LogP) is 2.33. The van der Waals surface area contributed by atoms with Gasteiger partial charge in [0.05, 0.1) is 10.8 Å². The van der Waals surface area contributed by atoms with Gasteiger partial charge >= 0.3 is 0 Å². The molecule has 0 aliphatic heterocycles. The van der Waals surface area contributed by atoms with Crippen molar-refractivity contribution in [3.05, 3.63) is 24.3 Å². The lowest BCUT2D eigenvalue weighted by molar-refractivity contribution is 0.342. The van der Waals surface area contributed by atoms with E-state index in [1.54, 1.807) is 24.3 Å². The van der Waals surface area contributed by atoms with Gasteiger partial charge in [-0.15, -0.1) is 11.6 Å². The van der Waals surface area contributed by atoms with Crippen LogP contribution in [0.4, 0.5) is 0 Å². The van der Waals surface area contributed by atoms with Gasteiger partial charge in [-0.05, 0) is 24.3 Å². The molecule has 1 aromatic carbocycles. The van der Waals surface area contributed by atoms with Gasteiger partial charge in [0.1, 0.15) is 12.4 Å². The Morgan fingerprint density at radius 3 is 2.17 bits per heavy atom. The second kappa shape index (κ2) is 6.97. The summed E-state index contributed by atoms with van der Waals surface area (Å²) < 4.78 is 31.1. The zero-order valence-electron chi connectivity index (χ0n) is 10.6. The van der Waals surface area contributed by atoms with Crippen LogP contribution in [-0.4, -0.2) is 38.3 Å². The molecule has 0 heterocycles. The summed E-state index contributed by atoms with van der Waals surface area (Å²) in [6, 6.07) is 6.39. The highest BCUT2D eigenvalue weighted by Gasteiger charge is 2.21. The quantitative estimate of drug-likeness (QED) is 0.725. The van der Waals surface area contributed by atoms with Gasteiger partial charge in [0.15, 0.2) is 0 Å². The minimum Gasteiger partial charge on any atom is -0.492 e. The van der Waals surface area contributed by atoms with Gasteiger partial charge in [0, 0.05) is 13.1 Å². The molecule has 0 aromatic heterocycles. The molecule has 0 saturated carbocycles. The van der Waals surface area contributed by atoms with E-state index in [-0.39, 0.29) is 4.90 Å². The molecule has 102 valence electrons. The van der Waals surface area contributed by atoms with Crippen molar-refractivity contribution in [3.8, 4) is 5.75 Å². The average molecular weight is 292 g/mol. The molecule has 0 amide bonds. The Bertz CT molecular complexity index is 455. The van der Waals surface area contributed by atoms with Crippen LogP contribution < -0.4 is 4.74 Å². The summed E-state index contributed by atoms with van der Waals surface area (Å²) in [5.41, 5.74) is 0. The topological polar surface area (TPSA) is 46.6 Å². The molecule has 4 nitrogen and oxygen atoms in total. The maximum absolute atomic E-state index is 12.2. The highest BCUT2D eigenvalue weighted by Crippen LogP contribution is 2.19. The number of rotatable bonds is 7. The van der Waals surface area contributed by atoms with E-state index in [4.69, 9.17) is 16.3 Å². The lowest BCUT2D eigenvalue weighted by Gasteiger charge is -2.18. The van der Waals surface area contributed by atoms with Crippen LogP contribution >= 0.6 is 11.6 Å². The third-order valence-corrected chi connectivity index (χ3v) is 4.73. The van der Waals surface area contributed by atoms with Gasteiger partial charge in [-0.2, -0.15) is 4.31 Å². The summed E-state index contributed by atoms with van der Waals surface area (Å²) in [5.74, 6) is 1.02. The van der Waals surface area contributed by atoms with Crippen molar-refractivity contribution >= 4 is 21.6 Å². The van der Waals surface area contributed by atoms with E-state index < -0.39 is 10.0 Å². The van der Waals surface area contributed by atoms with Crippen LogP contribution in [0.25, 0.3) is 0 Å². The van der Waals surface area contributed by atoms with E-state index in [1.165, 1.54) is 4.31 Å². The lowest BCUT2D eigenvalue weighted by atomic mass is 10.3. The largest absolute Gasteiger partial charge is 0.492 e. The smallest absolute Gasteiger partial charge is 0.243 e. The van der Waals surface area contributed by atoms with E-state index in [1.807, 2.05) is 13.8 Å². The Hall–Kier alpha value is -0.780. The Morgan fingerprint density at radius 1 is 1.17 bits per heavy atom. The fourth-order valence-corrected chi connectivity index (χ4v) is 3.11. The third-order valence-electron chi connectivity index (χ3n) is 2.51. The molecule has 0 saturated heterocycles. The maximum Gasteiger partial charge on any atom is 0.243 e. The minimum absolute atomic E-state index is 0.282. The Morgan fingerprint density at radius 2 is 1.72 bits per heavy atom. The van der Waals surface area contributed by atoms with Gasteiger partial charge in [-0.25, -0.2) is 8.42 Å². The summed E-state index contributed by atoms with van der Waals surface area (Å²) in [6.45, 7) is 4.97. The molecular formula is C12H18ClNO3S. The van der Waals surface area contributed by atoms with Crippen molar-refractivity contribution < 1.29 is 13.2 Å². The first kappa shape index (κ1) is 15.3. The summed E-state index contributed by atoms with van der Waals surface area (Å²) >= 11 is 5.51. The van der Waals surface area contributed by atoms with Gasteiger partial charge < -0.3 is 4.74 Å². The average Bonchev–Trinajstić information content (AvgIpc) is 2.38. The molecule has 1 aromatic rings.